The molecule has 12 atom stereocenters. The molecule has 50 heavy (non-hydrogen) atoms. The van der Waals surface area contributed by atoms with E-state index in [1.165, 1.54) is 13.8 Å². The fourth-order valence-corrected chi connectivity index (χ4v) is 6.34. The van der Waals surface area contributed by atoms with Crippen LogP contribution in [0.2, 0.25) is 0 Å². The maximum atomic E-state index is 12.2. The van der Waals surface area contributed by atoms with Crippen molar-refractivity contribution in [3.05, 3.63) is 23.3 Å². The molecule has 2 N–H and O–H groups in total. The Labute approximate surface area is 302 Å². The van der Waals surface area contributed by atoms with Gasteiger partial charge in [0.25, 0.3) is 0 Å². The first kappa shape index (κ1) is 43.2. The third-order valence-electron chi connectivity index (χ3n) is 9.68. The molecule has 2 aliphatic carbocycles. The number of alkyl carbamates (subject to hydrolysis) is 1. The number of carbonyl (C=O) groups excluding carboxylic acids is 5. The highest BCUT2D eigenvalue weighted by Crippen LogP contribution is 2.35. The predicted molar refractivity (Wildman–Crippen MR) is 189 cm³/mol. The minimum Gasteiger partial charge on any atom is -0.444 e. The second kappa shape index (κ2) is 18.5. The number of ether oxygens (including phenoxy) is 5. The fraction of sp³-hybridized carbons (Fsp3) is 0.757. The van der Waals surface area contributed by atoms with Gasteiger partial charge in [0.05, 0.1) is 36.1 Å². The number of hydrogen-bond acceptors (Lipinski definition) is 10. The van der Waals surface area contributed by atoms with E-state index in [9.17, 15) is 24.0 Å². The Morgan fingerprint density at radius 3 is 1.38 bits per heavy atom. The summed E-state index contributed by atoms with van der Waals surface area (Å²) in [5, 5.41) is 5.54. The van der Waals surface area contributed by atoms with Gasteiger partial charge in [0.1, 0.15) is 5.60 Å². The third-order valence-corrected chi connectivity index (χ3v) is 9.91. The van der Waals surface area contributed by atoms with E-state index in [2.05, 4.69) is 38.3 Å². The largest absolute Gasteiger partial charge is 0.444 e. The number of amides is 2. The lowest BCUT2D eigenvalue weighted by molar-refractivity contribution is -0.231. The maximum Gasteiger partial charge on any atom is 0.408 e. The van der Waals surface area contributed by atoms with Gasteiger partial charge in [0, 0.05) is 13.8 Å². The smallest absolute Gasteiger partial charge is 0.408 e. The van der Waals surface area contributed by atoms with E-state index in [0.717, 1.165) is 24.0 Å². The minimum absolute atomic E-state index is 0.00367. The van der Waals surface area contributed by atoms with Crippen LogP contribution in [-0.2, 0) is 42.9 Å². The van der Waals surface area contributed by atoms with E-state index >= 15 is 0 Å². The fourth-order valence-electron chi connectivity index (χ4n) is 6.11. The number of esters is 2. The van der Waals surface area contributed by atoms with Crippen molar-refractivity contribution >= 4 is 40.8 Å². The number of carbonyl (C=O) groups is 5. The Kier molecular flexibility index (Phi) is 16.0. The standard InChI is InChI=1S/C16H29NO5.C16H25NO4.C5H5ClO/c1-8-12-9(2)10(3)13(14(21-12)20-11(4)18)17-15(19)22-16(5,6)7;1-6-13-9(3)10(4)14(16(21-13)20-11(5)18)17-15(19)12-7-8(12)2;1-3-2-4(3)5(6)7/h9-10,12-14H,8H2,1-7H3,(H,17,19);7,9-10,12-14,16H,6H2,1-5H3,(H,17,19);2,4H,1H3/t9-,10-,12?,13?,14?;9-,10-,12?,13?,14?,16?;/m00./s1. The summed E-state index contributed by atoms with van der Waals surface area (Å²) < 4.78 is 27.6. The minimum atomic E-state index is -0.791. The molecule has 2 aliphatic heterocycles. The second-order valence-electron chi connectivity index (χ2n) is 14.8. The zero-order valence-electron chi connectivity index (χ0n) is 32.0. The van der Waals surface area contributed by atoms with Crippen molar-refractivity contribution in [2.45, 2.75) is 145 Å². The first-order valence-corrected chi connectivity index (χ1v) is 18.0. The van der Waals surface area contributed by atoms with Crippen molar-refractivity contribution in [3.8, 4) is 0 Å². The summed E-state index contributed by atoms with van der Waals surface area (Å²) in [6, 6.07) is -0.738. The Morgan fingerprint density at radius 2 is 1.10 bits per heavy atom. The molecule has 0 saturated carbocycles. The SMILES string of the molecule is CC1=CC1C(=O)Cl.CCC1OC(OC(C)=O)C(NC(=O)C2C=C2C)[C@@H](C)[C@@H]1C.CCC1OC(OC(C)=O)C(NC(=O)OC(C)(C)C)[C@@H](C)[C@@H]1C. The summed E-state index contributed by atoms with van der Waals surface area (Å²) in [6.07, 6.45) is 3.44. The van der Waals surface area contributed by atoms with Crippen LogP contribution in [0, 0.1) is 35.5 Å². The van der Waals surface area contributed by atoms with Gasteiger partial charge in [-0.2, -0.15) is 0 Å². The summed E-state index contributed by atoms with van der Waals surface area (Å²) in [4.78, 5) is 56.9. The molecule has 4 rings (SSSR count). The first-order valence-electron chi connectivity index (χ1n) is 17.6. The van der Waals surface area contributed by atoms with Crippen LogP contribution in [0.15, 0.2) is 23.3 Å². The lowest BCUT2D eigenvalue weighted by Crippen LogP contribution is -2.58. The maximum absolute atomic E-state index is 12.2. The van der Waals surface area contributed by atoms with Crippen LogP contribution in [0.4, 0.5) is 4.79 Å². The average molecular weight is 727 g/mol. The van der Waals surface area contributed by atoms with Gasteiger partial charge in [0.2, 0.25) is 23.7 Å². The van der Waals surface area contributed by atoms with Gasteiger partial charge in [-0.25, -0.2) is 4.79 Å². The summed E-state index contributed by atoms with van der Waals surface area (Å²) in [6.45, 7) is 24.3. The van der Waals surface area contributed by atoms with Crippen LogP contribution in [0.25, 0.3) is 0 Å². The van der Waals surface area contributed by atoms with Crippen LogP contribution in [0.3, 0.4) is 0 Å². The van der Waals surface area contributed by atoms with Crippen molar-refractivity contribution in [2.24, 2.45) is 35.5 Å². The number of allylic oxidation sites excluding steroid dienone is 2. The zero-order valence-corrected chi connectivity index (χ0v) is 32.7. The van der Waals surface area contributed by atoms with Crippen molar-refractivity contribution in [3.63, 3.8) is 0 Å². The zero-order chi connectivity index (χ0) is 38.2. The number of nitrogens with one attached hydrogen (secondary N) is 2. The summed E-state index contributed by atoms with van der Waals surface area (Å²) in [5.74, 6) is -0.179. The highest BCUT2D eigenvalue weighted by atomic mass is 35.5. The van der Waals surface area contributed by atoms with Crippen LogP contribution >= 0.6 is 11.6 Å². The first-order chi connectivity index (χ1) is 23.1. The highest BCUT2D eigenvalue weighted by Gasteiger charge is 2.45. The molecule has 4 aliphatic rings. The average Bonchev–Trinajstić information content (AvgIpc) is 3.92. The van der Waals surface area contributed by atoms with E-state index in [-0.39, 0.29) is 59.0 Å². The van der Waals surface area contributed by atoms with Gasteiger partial charge in [-0.1, -0.05) is 64.8 Å². The molecule has 13 heteroatoms. The molecular formula is C37H59ClN2O10. The summed E-state index contributed by atoms with van der Waals surface area (Å²) >= 11 is 5.08. The summed E-state index contributed by atoms with van der Waals surface area (Å²) in [5.41, 5.74) is 1.59. The lowest BCUT2D eigenvalue weighted by Gasteiger charge is -2.44. The van der Waals surface area contributed by atoms with E-state index in [4.69, 9.17) is 35.3 Å². The van der Waals surface area contributed by atoms with Crippen LogP contribution in [0.5, 0.6) is 0 Å². The van der Waals surface area contributed by atoms with E-state index in [1.807, 2.05) is 39.8 Å². The van der Waals surface area contributed by atoms with E-state index < -0.39 is 42.3 Å². The molecule has 12 nitrogen and oxygen atoms in total. The van der Waals surface area contributed by atoms with Gasteiger partial charge in [-0.3, -0.25) is 19.2 Å². The van der Waals surface area contributed by atoms with Gasteiger partial charge < -0.3 is 34.3 Å². The van der Waals surface area contributed by atoms with Crippen LogP contribution < -0.4 is 10.6 Å². The van der Waals surface area contributed by atoms with Crippen molar-refractivity contribution in [2.75, 3.05) is 0 Å². The third kappa shape index (κ3) is 13.0. The Hall–Kier alpha value is -2.96. The molecule has 8 unspecified atom stereocenters. The van der Waals surface area contributed by atoms with Gasteiger partial charge in [-0.15, -0.1) is 0 Å². The molecule has 0 aromatic carbocycles. The van der Waals surface area contributed by atoms with Gasteiger partial charge >= 0.3 is 18.0 Å². The van der Waals surface area contributed by atoms with Crippen LogP contribution in [-0.4, -0.2) is 71.7 Å². The molecule has 0 spiro atoms. The monoisotopic (exact) mass is 726 g/mol. The van der Waals surface area contributed by atoms with Crippen molar-refractivity contribution in [1.29, 1.82) is 0 Å². The normalized spacial score (nSPS) is 34.0. The van der Waals surface area contributed by atoms with E-state index in [1.54, 1.807) is 20.8 Å². The molecular weight excluding hydrogens is 668 g/mol. The topological polar surface area (TPSA) is 156 Å². The Balaban J connectivity index is 0.000000290. The number of rotatable bonds is 8. The molecule has 284 valence electrons. The molecule has 2 fully saturated rings. The Bertz CT molecular complexity index is 1290. The molecule has 2 saturated heterocycles. The quantitative estimate of drug-likeness (QED) is 0.128. The molecule has 2 heterocycles. The molecule has 0 bridgehead atoms. The molecule has 0 aromatic rings. The van der Waals surface area contributed by atoms with Crippen LogP contribution in [0.1, 0.15) is 103 Å². The van der Waals surface area contributed by atoms with Crippen molar-refractivity contribution in [1.82, 2.24) is 10.6 Å². The summed E-state index contributed by atoms with van der Waals surface area (Å²) in [7, 11) is 0. The van der Waals surface area contributed by atoms with Crippen molar-refractivity contribution < 1.29 is 47.7 Å². The highest BCUT2D eigenvalue weighted by molar-refractivity contribution is 6.65. The second-order valence-corrected chi connectivity index (χ2v) is 15.2. The van der Waals surface area contributed by atoms with Gasteiger partial charge in [0.15, 0.2) is 0 Å². The lowest BCUT2D eigenvalue weighted by atomic mass is 9.81. The Morgan fingerprint density at radius 1 is 0.720 bits per heavy atom. The molecule has 0 radical (unpaired) electrons. The van der Waals surface area contributed by atoms with E-state index in [0.29, 0.717) is 5.92 Å². The van der Waals surface area contributed by atoms with Gasteiger partial charge in [-0.05, 0) is 82.7 Å². The molecule has 0 aromatic heterocycles. The number of hydrogen-bond donors (Lipinski definition) is 2. The number of halogens is 1. The molecule has 2 amide bonds. The predicted octanol–water partition coefficient (Wildman–Crippen LogP) is 6.20.